The molecule has 0 unspecified atom stereocenters. The summed E-state index contributed by atoms with van der Waals surface area (Å²) in [6, 6.07) is 9.78. The van der Waals surface area contributed by atoms with Crippen LogP contribution in [-0.4, -0.2) is 57.5 Å². The number of amides is 1. The number of carbonyl (C=O) groups is 1. The normalized spacial score (nSPS) is 17.7. The second-order valence-electron chi connectivity index (χ2n) is 8.95. The van der Waals surface area contributed by atoms with Crippen molar-refractivity contribution in [1.82, 2.24) is 19.7 Å². The van der Waals surface area contributed by atoms with Crippen molar-refractivity contribution in [3.8, 4) is 11.1 Å². The first-order chi connectivity index (χ1) is 16.6. The fourth-order valence-electron chi connectivity index (χ4n) is 4.04. The van der Waals surface area contributed by atoms with Gasteiger partial charge in [-0.1, -0.05) is 12.1 Å². The number of pyridine rings is 1. The van der Waals surface area contributed by atoms with Crippen LogP contribution >= 0.6 is 0 Å². The van der Waals surface area contributed by atoms with Gasteiger partial charge in [0.05, 0.1) is 26.0 Å². The van der Waals surface area contributed by atoms with Gasteiger partial charge in [0.15, 0.2) is 0 Å². The van der Waals surface area contributed by atoms with Crippen molar-refractivity contribution < 1.29 is 13.9 Å². The molecule has 0 spiro atoms. The van der Waals surface area contributed by atoms with Gasteiger partial charge >= 0.3 is 0 Å². The van der Waals surface area contributed by atoms with Gasteiger partial charge in [-0.2, -0.15) is 5.10 Å². The summed E-state index contributed by atoms with van der Waals surface area (Å²) in [6.07, 6.45) is 11.4. The monoisotopic (exact) mass is 461 g/mol. The standard InChI is InChI=1S/C26H28FN5O2/c27-26(8-9-26)19-32-18-22(16-29-32)24-7-10-28-15-21(24)3-6-25(33)30-23-4-1-20(2-5-23)17-31-11-13-34-14-12-31/h1-7,10,15-16,18H,8-9,11-14,17,19H2,(H,30,33)/b6-3+. The van der Waals surface area contributed by atoms with Gasteiger partial charge < -0.3 is 10.1 Å². The molecule has 5 rings (SSSR count). The summed E-state index contributed by atoms with van der Waals surface area (Å²) in [5.74, 6) is -0.223. The summed E-state index contributed by atoms with van der Waals surface area (Å²) in [6.45, 7) is 4.59. The average molecular weight is 462 g/mol. The molecule has 176 valence electrons. The lowest BCUT2D eigenvalue weighted by Gasteiger charge is -2.26. The van der Waals surface area contributed by atoms with Crippen molar-refractivity contribution in [1.29, 1.82) is 0 Å². The Morgan fingerprint density at radius 1 is 1.15 bits per heavy atom. The fourth-order valence-corrected chi connectivity index (χ4v) is 4.04. The fraction of sp³-hybridized carbons (Fsp3) is 0.346. The van der Waals surface area contributed by atoms with E-state index < -0.39 is 5.67 Å². The Morgan fingerprint density at radius 3 is 2.71 bits per heavy atom. The summed E-state index contributed by atoms with van der Waals surface area (Å²) in [5, 5.41) is 7.20. The number of anilines is 1. The number of hydrogen-bond acceptors (Lipinski definition) is 5. The van der Waals surface area contributed by atoms with E-state index in [4.69, 9.17) is 4.74 Å². The predicted octanol–water partition coefficient (Wildman–Crippen LogP) is 3.93. The van der Waals surface area contributed by atoms with E-state index in [1.165, 1.54) is 11.6 Å². The molecule has 3 aromatic rings. The van der Waals surface area contributed by atoms with E-state index in [2.05, 4.69) is 20.3 Å². The molecule has 1 aliphatic heterocycles. The van der Waals surface area contributed by atoms with E-state index >= 15 is 0 Å². The predicted molar refractivity (Wildman–Crippen MR) is 129 cm³/mol. The van der Waals surface area contributed by atoms with Crippen molar-refractivity contribution in [2.75, 3.05) is 31.6 Å². The van der Waals surface area contributed by atoms with Gasteiger partial charge in [0, 0.05) is 61.1 Å². The molecule has 8 heteroatoms. The highest BCUT2D eigenvalue weighted by Crippen LogP contribution is 2.41. The van der Waals surface area contributed by atoms with Crippen molar-refractivity contribution in [2.45, 2.75) is 31.6 Å². The van der Waals surface area contributed by atoms with Crippen LogP contribution in [0.25, 0.3) is 17.2 Å². The molecule has 0 radical (unpaired) electrons. The van der Waals surface area contributed by atoms with Crippen molar-refractivity contribution >= 4 is 17.7 Å². The molecule has 34 heavy (non-hydrogen) atoms. The molecule has 2 fully saturated rings. The van der Waals surface area contributed by atoms with Gasteiger partial charge in [-0.25, -0.2) is 4.39 Å². The zero-order valence-electron chi connectivity index (χ0n) is 19.0. The summed E-state index contributed by atoms with van der Waals surface area (Å²) in [4.78, 5) is 19.0. The van der Waals surface area contributed by atoms with Crippen molar-refractivity contribution in [3.05, 3.63) is 72.3 Å². The van der Waals surface area contributed by atoms with Crippen molar-refractivity contribution in [2.24, 2.45) is 0 Å². The summed E-state index contributed by atoms with van der Waals surface area (Å²) < 4.78 is 21.1. The number of nitrogens with zero attached hydrogens (tertiary/aromatic N) is 4. The quantitative estimate of drug-likeness (QED) is 0.515. The number of morpholine rings is 1. The van der Waals surface area contributed by atoms with E-state index in [1.54, 1.807) is 29.3 Å². The number of alkyl halides is 1. The smallest absolute Gasteiger partial charge is 0.248 e. The lowest BCUT2D eigenvalue weighted by atomic mass is 10.0. The maximum Gasteiger partial charge on any atom is 0.248 e. The van der Waals surface area contributed by atoms with Crippen LogP contribution in [-0.2, 0) is 22.6 Å². The van der Waals surface area contributed by atoms with Crippen LogP contribution in [0.2, 0.25) is 0 Å². The van der Waals surface area contributed by atoms with Gasteiger partial charge in [0.25, 0.3) is 0 Å². The Morgan fingerprint density at radius 2 is 1.94 bits per heavy atom. The van der Waals surface area contributed by atoms with Crippen LogP contribution in [0.3, 0.4) is 0 Å². The molecule has 1 amide bonds. The molecular formula is C26H28FN5O2. The third-order valence-corrected chi connectivity index (χ3v) is 6.18. The number of ether oxygens (including phenoxy) is 1. The SMILES string of the molecule is O=C(/C=C/c1cnccc1-c1cnn(CC2(F)CC2)c1)Nc1ccc(CN2CCOCC2)cc1. The molecule has 2 aromatic heterocycles. The minimum atomic E-state index is -1.11. The third-order valence-electron chi connectivity index (χ3n) is 6.18. The van der Waals surface area contributed by atoms with Gasteiger partial charge in [0.1, 0.15) is 5.67 Å². The minimum Gasteiger partial charge on any atom is -0.379 e. The molecule has 7 nitrogen and oxygen atoms in total. The molecule has 1 aliphatic carbocycles. The second kappa shape index (κ2) is 9.87. The number of nitrogens with one attached hydrogen (secondary N) is 1. The molecule has 0 bridgehead atoms. The summed E-state index contributed by atoms with van der Waals surface area (Å²) >= 11 is 0. The van der Waals surface area contributed by atoms with E-state index in [9.17, 15) is 9.18 Å². The first-order valence-corrected chi connectivity index (χ1v) is 11.6. The minimum absolute atomic E-state index is 0.223. The number of benzene rings is 1. The zero-order valence-corrected chi connectivity index (χ0v) is 19.0. The van der Waals surface area contributed by atoms with Gasteiger partial charge in [0.2, 0.25) is 5.91 Å². The molecule has 1 saturated carbocycles. The summed E-state index contributed by atoms with van der Waals surface area (Å²) in [5.41, 5.74) is 3.39. The molecule has 0 atom stereocenters. The highest BCUT2D eigenvalue weighted by molar-refractivity contribution is 6.02. The average Bonchev–Trinajstić information content (AvgIpc) is 3.40. The number of carbonyl (C=O) groups excluding carboxylic acids is 1. The topological polar surface area (TPSA) is 72.3 Å². The molecule has 1 aromatic carbocycles. The highest BCUT2D eigenvalue weighted by Gasteiger charge is 2.43. The van der Waals surface area contributed by atoms with E-state index in [1.807, 2.05) is 36.5 Å². The van der Waals surface area contributed by atoms with Crippen LogP contribution in [0.15, 0.2) is 61.2 Å². The Labute approximate surface area is 198 Å². The Kier molecular flexibility index (Phi) is 6.51. The second-order valence-corrected chi connectivity index (χ2v) is 8.95. The number of halogens is 1. The van der Waals surface area contributed by atoms with Crippen LogP contribution in [0.5, 0.6) is 0 Å². The van der Waals surface area contributed by atoms with Gasteiger partial charge in [-0.05, 0) is 48.2 Å². The lowest BCUT2D eigenvalue weighted by Crippen LogP contribution is -2.35. The Hall–Kier alpha value is -3.36. The van der Waals surface area contributed by atoms with E-state index in [0.29, 0.717) is 12.8 Å². The van der Waals surface area contributed by atoms with Crippen LogP contribution in [0.4, 0.5) is 10.1 Å². The maximum atomic E-state index is 14.1. The maximum absolute atomic E-state index is 14.1. The molecule has 2 aliphatic rings. The lowest BCUT2D eigenvalue weighted by molar-refractivity contribution is -0.111. The molecule has 1 saturated heterocycles. The van der Waals surface area contributed by atoms with Crippen LogP contribution in [0.1, 0.15) is 24.0 Å². The summed E-state index contributed by atoms with van der Waals surface area (Å²) in [7, 11) is 0. The van der Waals surface area contributed by atoms with Gasteiger partial charge in [-0.15, -0.1) is 0 Å². The first kappa shape index (κ1) is 22.4. The number of aromatic nitrogens is 3. The van der Waals surface area contributed by atoms with Crippen molar-refractivity contribution in [3.63, 3.8) is 0 Å². The van der Waals surface area contributed by atoms with Crippen LogP contribution < -0.4 is 5.32 Å². The largest absolute Gasteiger partial charge is 0.379 e. The molecule has 3 heterocycles. The molecular weight excluding hydrogens is 433 g/mol. The Balaban J connectivity index is 1.20. The third kappa shape index (κ3) is 5.76. The number of rotatable bonds is 8. The van der Waals surface area contributed by atoms with Gasteiger partial charge in [-0.3, -0.25) is 19.4 Å². The number of hydrogen-bond donors (Lipinski definition) is 1. The first-order valence-electron chi connectivity index (χ1n) is 11.6. The van der Waals surface area contributed by atoms with E-state index in [-0.39, 0.29) is 12.5 Å². The zero-order chi connectivity index (χ0) is 23.4. The van der Waals surface area contributed by atoms with Crippen LogP contribution in [0, 0.1) is 0 Å². The Bertz CT molecular complexity index is 1160. The van der Waals surface area contributed by atoms with E-state index in [0.717, 1.165) is 55.2 Å². The highest BCUT2D eigenvalue weighted by atomic mass is 19.1. The molecule has 1 N–H and O–H groups in total.